The average molecular weight is 401 g/mol. The number of hydrogen-bond acceptors (Lipinski definition) is 8. The van der Waals surface area contributed by atoms with E-state index in [0.29, 0.717) is 23.6 Å². The van der Waals surface area contributed by atoms with Crippen molar-refractivity contribution in [1.29, 1.82) is 0 Å². The van der Waals surface area contributed by atoms with Crippen molar-refractivity contribution in [1.82, 2.24) is 24.9 Å². The van der Waals surface area contributed by atoms with Gasteiger partial charge in [-0.25, -0.2) is 19.1 Å². The third-order valence-electron chi connectivity index (χ3n) is 4.88. The van der Waals surface area contributed by atoms with Crippen LogP contribution in [-0.4, -0.2) is 49.0 Å². The van der Waals surface area contributed by atoms with Crippen LogP contribution in [0.15, 0.2) is 22.9 Å². The number of aliphatic carboxylic acids is 1. The zero-order valence-electron chi connectivity index (χ0n) is 15.4. The number of rotatable bonds is 4. The molecule has 0 fully saturated rings. The molecule has 0 aromatic carbocycles. The summed E-state index contributed by atoms with van der Waals surface area (Å²) in [6.45, 7) is 1.99. The molecule has 28 heavy (non-hydrogen) atoms. The van der Waals surface area contributed by atoms with Crippen LogP contribution >= 0.6 is 11.8 Å². The first-order valence-corrected chi connectivity index (χ1v) is 9.80. The van der Waals surface area contributed by atoms with E-state index in [0.717, 1.165) is 30.7 Å². The van der Waals surface area contributed by atoms with Crippen molar-refractivity contribution in [2.75, 3.05) is 7.11 Å². The molecule has 2 aromatic heterocycles. The Hall–Kier alpha value is -2.88. The number of methoxy groups -OCH3 is 1. The number of carboxylic acids is 1. The summed E-state index contributed by atoms with van der Waals surface area (Å²) in [6.07, 6.45) is 4.74. The molecule has 1 atom stereocenters. The van der Waals surface area contributed by atoms with Gasteiger partial charge in [-0.2, -0.15) is 4.98 Å². The first-order chi connectivity index (χ1) is 13.5. The van der Waals surface area contributed by atoms with Crippen molar-refractivity contribution in [3.8, 4) is 0 Å². The van der Waals surface area contributed by atoms with Crippen LogP contribution in [-0.2, 0) is 33.6 Å². The smallest absolute Gasteiger partial charge is 0.352 e. The van der Waals surface area contributed by atoms with Crippen molar-refractivity contribution >= 4 is 29.5 Å². The number of nitrogens with one attached hydrogen (secondary N) is 1. The lowest BCUT2D eigenvalue weighted by atomic mass is 10.1. The van der Waals surface area contributed by atoms with Gasteiger partial charge in [-0.05, 0) is 31.7 Å². The highest BCUT2D eigenvalue weighted by Gasteiger charge is 2.28. The molecule has 3 heterocycles. The number of nitrogens with zero attached hydrogens (tertiary/aromatic N) is 4. The summed E-state index contributed by atoms with van der Waals surface area (Å²) in [4.78, 5) is 32.5. The molecule has 4 rings (SSSR count). The highest BCUT2D eigenvalue weighted by molar-refractivity contribution is 8.03. The van der Waals surface area contributed by atoms with Crippen molar-refractivity contribution in [3.05, 3.63) is 45.7 Å². The first kappa shape index (κ1) is 18.5. The number of carbonyl (C=O) groups excluding carboxylic acids is 1. The van der Waals surface area contributed by atoms with E-state index >= 15 is 0 Å². The minimum Gasteiger partial charge on any atom is -0.477 e. The summed E-state index contributed by atoms with van der Waals surface area (Å²) in [5.41, 5.74) is 3.69. The first-order valence-electron chi connectivity index (χ1n) is 8.85. The zero-order valence-corrected chi connectivity index (χ0v) is 16.2. The summed E-state index contributed by atoms with van der Waals surface area (Å²) >= 11 is 1.22. The molecular weight excluding hydrogens is 382 g/mol. The van der Waals surface area contributed by atoms with Crippen LogP contribution in [0.25, 0.3) is 5.78 Å². The lowest BCUT2D eigenvalue weighted by Crippen LogP contribution is -2.21. The Morgan fingerprint density at radius 1 is 1.39 bits per heavy atom. The van der Waals surface area contributed by atoms with Gasteiger partial charge in [-0.3, -0.25) is 0 Å². The predicted octanol–water partition coefficient (Wildman–Crippen LogP) is 1.15. The number of ether oxygens (including phenoxy) is 1. The molecule has 9 nitrogen and oxygen atoms in total. The molecule has 0 spiro atoms. The van der Waals surface area contributed by atoms with Crippen LogP contribution in [0.5, 0.6) is 0 Å². The number of thioether (sulfide) groups is 1. The second kappa shape index (κ2) is 7.27. The summed E-state index contributed by atoms with van der Waals surface area (Å²) in [7, 11) is 1.29. The van der Waals surface area contributed by atoms with E-state index in [4.69, 9.17) is 4.74 Å². The number of aromatic nitrogens is 4. The van der Waals surface area contributed by atoms with Gasteiger partial charge in [0.15, 0.2) is 5.82 Å². The fraction of sp³-hybridized carbons (Fsp3) is 0.389. The van der Waals surface area contributed by atoms with E-state index < -0.39 is 11.9 Å². The van der Waals surface area contributed by atoms with Gasteiger partial charge in [0.05, 0.1) is 18.4 Å². The van der Waals surface area contributed by atoms with Crippen LogP contribution < -0.4 is 5.32 Å². The Labute approximate surface area is 164 Å². The maximum absolute atomic E-state index is 12.2. The van der Waals surface area contributed by atoms with Gasteiger partial charge in [0.2, 0.25) is 0 Å². The highest BCUT2D eigenvalue weighted by atomic mass is 32.2. The second-order valence-corrected chi connectivity index (χ2v) is 7.69. The van der Waals surface area contributed by atoms with E-state index in [9.17, 15) is 14.7 Å². The van der Waals surface area contributed by atoms with E-state index in [1.165, 1.54) is 36.0 Å². The molecule has 2 aliphatic rings. The second-order valence-electron chi connectivity index (χ2n) is 6.62. The molecule has 1 aliphatic heterocycles. The van der Waals surface area contributed by atoms with Gasteiger partial charge < -0.3 is 15.2 Å². The van der Waals surface area contributed by atoms with Crippen LogP contribution in [0, 0.1) is 6.92 Å². The quantitative estimate of drug-likeness (QED) is 0.727. The third-order valence-corrected chi connectivity index (χ3v) is 6.00. The molecule has 0 saturated carbocycles. The molecular formula is C18H19N5O4S. The van der Waals surface area contributed by atoms with E-state index in [-0.39, 0.29) is 10.9 Å². The highest BCUT2D eigenvalue weighted by Crippen LogP contribution is 2.29. The molecule has 0 amide bonds. The van der Waals surface area contributed by atoms with E-state index in [2.05, 4.69) is 20.4 Å². The van der Waals surface area contributed by atoms with E-state index in [1.807, 2.05) is 6.92 Å². The Morgan fingerprint density at radius 2 is 2.21 bits per heavy atom. The molecule has 1 aliphatic carbocycles. The van der Waals surface area contributed by atoms with Gasteiger partial charge in [0.1, 0.15) is 5.70 Å². The summed E-state index contributed by atoms with van der Waals surface area (Å²) < 4.78 is 6.65. The van der Waals surface area contributed by atoms with Crippen LogP contribution in [0.3, 0.4) is 0 Å². The minimum absolute atomic E-state index is 0.00743. The van der Waals surface area contributed by atoms with Crippen LogP contribution in [0.4, 0.5) is 0 Å². The Bertz CT molecular complexity index is 1040. The summed E-state index contributed by atoms with van der Waals surface area (Å²) in [6, 6.07) is 0. The molecule has 0 radical (unpaired) electrons. The molecule has 10 heteroatoms. The van der Waals surface area contributed by atoms with Crippen molar-refractivity contribution in [3.63, 3.8) is 0 Å². The number of aryl methyl sites for hydroxylation is 2. The largest absolute Gasteiger partial charge is 0.477 e. The number of hydrogen-bond donors (Lipinski definition) is 2. The van der Waals surface area contributed by atoms with Crippen molar-refractivity contribution in [2.24, 2.45) is 0 Å². The summed E-state index contributed by atoms with van der Waals surface area (Å²) in [5, 5.41) is 17.6. The van der Waals surface area contributed by atoms with Gasteiger partial charge in [-0.15, -0.1) is 16.9 Å². The molecule has 0 bridgehead atoms. The fourth-order valence-corrected chi connectivity index (χ4v) is 4.53. The molecule has 2 aromatic rings. The van der Waals surface area contributed by atoms with Gasteiger partial charge in [0, 0.05) is 29.0 Å². The lowest BCUT2D eigenvalue weighted by Gasteiger charge is -2.13. The molecule has 0 saturated heterocycles. The standard InChI is InChI=1S/C18H19N5O4S/c1-9-10-4-3-5-13(10)23-18(20-9)21-15(22-23)6-14-11(17(26)27-2)7-19-12(8-28-14)16(24)25/h7-8,14,19H,3-6H2,1-2H3,(H,24,25). The maximum Gasteiger partial charge on any atom is 0.352 e. The number of carbonyl (C=O) groups is 2. The molecule has 1 unspecified atom stereocenters. The topological polar surface area (TPSA) is 119 Å². The normalized spacial score (nSPS) is 18.7. The zero-order chi connectivity index (χ0) is 19.8. The lowest BCUT2D eigenvalue weighted by molar-refractivity contribution is -0.136. The Morgan fingerprint density at radius 3 is 2.96 bits per heavy atom. The number of carboxylic acid groups (broad SMARTS) is 1. The van der Waals surface area contributed by atoms with Crippen molar-refractivity contribution < 1.29 is 19.4 Å². The minimum atomic E-state index is -1.10. The van der Waals surface area contributed by atoms with Gasteiger partial charge >= 0.3 is 11.9 Å². The third kappa shape index (κ3) is 3.24. The Kier molecular flexibility index (Phi) is 4.80. The van der Waals surface area contributed by atoms with Gasteiger partial charge in [-0.1, -0.05) is 0 Å². The van der Waals surface area contributed by atoms with Crippen LogP contribution in [0.1, 0.15) is 29.2 Å². The number of esters is 1. The summed E-state index contributed by atoms with van der Waals surface area (Å²) in [5.74, 6) is -0.527. The monoisotopic (exact) mass is 401 g/mol. The predicted molar refractivity (Wildman–Crippen MR) is 102 cm³/mol. The molecule has 2 N–H and O–H groups in total. The van der Waals surface area contributed by atoms with Crippen LogP contribution in [0.2, 0.25) is 0 Å². The number of fused-ring (bicyclic) bond motifs is 3. The maximum atomic E-state index is 12.2. The fourth-order valence-electron chi connectivity index (χ4n) is 3.50. The van der Waals surface area contributed by atoms with E-state index in [1.54, 1.807) is 4.52 Å². The average Bonchev–Trinajstić information content (AvgIpc) is 3.24. The van der Waals surface area contributed by atoms with Crippen molar-refractivity contribution in [2.45, 2.75) is 37.9 Å². The SMILES string of the molecule is COC(=O)C1=CNC(C(=O)O)=CSC1Cc1nc2nc(C)c3c(n2n1)CCC3. The Balaban J connectivity index is 1.68. The molecule has 146 valence electrons. The van der Waals surface area contributed by atoms with Gasteiger partial charge in [0.25, 0.3) is 5.78 Å².